The van der Waals surface area contributed by atoms with Crippen LogP contribution < -0.4 is 27.0 Å². The zero-order valence-corrected chi connectivity index (χ0v) is 26.4. The van der Waals surface area contributed by atoms with Crippen LogP contribution in [0.4, 0.5) is 5.95 Å². The minimum absolute atomic E-state index is 0. The molecule has 216 valence electrons. The number of methoxy groups -OCH3 is 1. The van der Waals surface area contributed by atoms with Gasteiger partial charge in [-0.15, -0.1) is 0 Å². The molecule has 1 N–H and O–H groups in total. The first kappa shape index (κ1) is 34.4. The van der Waals surface area contributed by atoms with Crippen LogP contribution in [0.2, 0.25) is 0 Å². The van der Waals surface area contributed by atoms with Gasteiger partial charge >= 0.3 is 0 Å². The van der Waals surface area contributed by atoms with Gasteiger partial charge in [-0.3, -0.25) is 0 Å². The first-order valence-corrected chi connectivity index (χ1v) is 15.0. The summed E-state index contributed by atoms with van der Waals surface area (Å²) in [5, 5.41) is 3.44. The van der Waals surface area contributed by atoms with Crippen LogP contribution in [0, 0.1) is 0 Å². The highest BCUT2D eigenvalue weighted by molar-refractivity contribution is 5.31. The third-order valence-electron chi connectivity index (χ3n) is 7.37. The molecule has 0 aliphatic heterocycles. The molecule has 1 aromatic carbocycles. The van der Waals surface area contributed by atoms with Gasteiger partial charge in [0.1, 0.15) is 5.75 Å². The number of likely N-dealkylation sites (N-methyl/N-ethyl adjacent to an activating group) is 1. The molecule has 0 atom stereocenters. The summed E-state index contributed by atoms with van der Waals surface area (Å²) in [6.45, 7) is 5.49. The number of benzene rings is 1. The number of unbranched alkanes of at least 4 members (excludes halogenated alkanes) is 13. The molecule has 5 nitrogen and oxygen atoms in total. The van der Waals surface area contributed by atoms with E-state index in [4.69, 9.17) is 9.72 Å². The minimum Gasteiger partial charge on any atom is -1.00 e. The normalized spacial score (nSPS) is 11.3. The van der Waals surface area contributed by atoms with Crippen LogP contribution >= 0.6 is 0 Å². The summed E-state index contributed by atoms with van der Waals surface area (Å²) < 4.78 is 6.28. The second-order valence-electron chi connectivity index (χ2n) is 11.3. The number of halogens is 1. The van der Waals surface area contributed by atoms with Crippen LogP contribution in [0.15, 0.2) is 36.5 Å². The van der Waals surface area contributed by atoms with E-state index >= 15 is 0 Å². The van der Waals surface area contributed by atoms with Crippen molar-refractivity contribution >= 4 is 5.95 Å². The zero-order valence-electron chi connectivity index (χ0n) is 24.8. The molecule has 0 saturated heterocycles. The van der Waals surface area contributed by atoms with Crippen LogP contribution in [0.5, 0.6) is 5.75 Å². The van der Waals surface area contributed by atoms with E-state index in [-0.39, 0.29) is 17.0 Å². The van der Waals surface area contributed by atoms with Crippen LogP contribution in [0.1, 0.15) is 108 Å². The summed E-state index contributed by atoms with van der Waals surface area (Å²) in [5.74, 6) is 1.60. The first-order valence-electron chi connectivity index (χ1n) is 15.0. The van der Waals surface area contributed by atoms with Crippen molar-refractivity contribution in [1.29, 1.82) is 0 Å². The summed E-state index contributed by atoms with van der Waals surface area (Å²) in [6.07, 6.45) is 22.5. The number of rotatable bonds is 22. The lowest BCUT2D eigenvalue weighted by Gasteiger charge is -2.30. The van der Waals surface area contributed by atoms with E-state index in [1.165, 1.54) is 102 Å². The Hall–Kier alpha value is -1.66. The van der Waals surface area contributed by atoms with E-state index < -0.39 is 0 Å². The van der Waals surface area contributed by atoms with Crippen molar-refractivity contribution in [2.75, 3.05) is 46.2 Å². The fourth-order valence-electron chi connectivity index (χ4n) is 4.85. The third-order valence-corrected chi connectivity index (χ3v) is 7.37. The van der Waals surface area contributed by atoms with Crippen molar-refractivity contribution in [1.82, 2.24) is 9.97 Å². The van der Waals surface area contributed by atoms with Gasteiger partial charge in [0.25, 0.3) is 0 Å². The van der Waals surface area contributed by atoms with E-state index in [1.807, 2.05) is 24.4 Å². The van der Waals surface area contributed by atoms with Crippen molar-refractivity contribution < 1.29 is 26.2 Å². The molecule has 38 heavy (non-hydrogen) atoms. The topological polar surface area (TPSA) is 47.0 Å². The summed E-state index contributed by atoms with van der Waals surface area (Å²) >= 11 is 0. The molecule has 2 aromatic rings. The average Bonchev–Trinajstić information content (AvgIpc) is 2.89. The summed E-state index contributed by atoms with van der Waals surface area (Å²) in [4.78, 5) is 9.13. The molecule has 6 heteroatoms. The second kappa shape index (κ2) is 21.2. The Bertz CT molecular complexity index is 828. The van der Waals surface area contributed by atoms with Crippen LogP contribution in [0.25, 0.3) is 0 Å². The van der Waals surface area contributed by atoms with Crippen molar-refractivity contribution in [2.24, 2.45) is 0 Å². The fourth-order valence-corrected chi connectivity index (χ4v) is 4.85. The van der Waals surface area contributed by atoms with Crippen molar-refractivity contribution in [2.45, 2.75) is 103 Å². The Morgan fingerprint density at radius 3 is 1.84 bits per heavy atom. The Kier molecular flexibility index (Phi) is 19.2. The molecule has 0 spiro atoms. The molecular formula is C32H55BrN4O. The highest BCUT2D eigenvalue weighted by Crippen LogP contribution is 2.15. The van der Waals surface area contributed by atoms with Crippen LogP contribution in [0.3, 0.4) is 0 Å². The number of nitrogens with zero attached hydrogens (tertiary/aromatic N) is 3. The van der Waals surface area contributed by atoms with Gasteiger partial charge in [0.05, 0.1) is 46.5 Å². The number of nitrogens with one attached hydrogen (secondary N) is 1. The Morgan fingerprint density at radius 2 is 1.29 bits per heavy atom. The molecule has 0 bridgehead atoms. The van der Waals surface area contributed by atoms with Gasteiger partial charge in [-0.05, 0) is 36.6 Å². The van der Waals surface area contributed by atoms with Crippen LogP contribution in [-0.4, -0.2) is 55.3 Å². The lowest BCUT2D eigenvalue weighted by atomic mass is 10.0. The molecule has 2 rings (SSSR count). The highest BCUT2D eigenvalue weighted by atomic mass is 79.9. The van der Waals surface area contributed by atoms with Gasteiger partial charge in [0.15, 0.2) is 0 Å². The maximum absolute atomic E-state index is 5.25. The SMILES string of the molecule is CCCCCCCCCCCCCCCC[N+](C)(C)CCNc1nccc(Cc2ccc(OC)cc2)n1.[Br-]. The number of hydrogen-bond acceptors (Lipinski definition) is 4. The summed E-state index contributed by atoms with van der Waals surface area (Å²) in [6, 6.07) is 10.2. The van der Waals surface area contributed by atoms with Crippen molar-refractivity contribution in [3.63, 3.8) is 0 Å². The molecule has 0 fully saturated rings. The van der Waals surface area contributed by atoms with E-state index in [0.717, 1.165) is 41.4 Å². The molecule has 0 amide bonds. The lowest BCUT2D eigenvalue weighted by Crippen LogP contribution is -3.00. The highest BCUT2D eigenvalue weighted by Gasteiger charge is 2.14. The Balaban J connectivity index is 0.00000722. The molecule has 0 saturated carbocycles. The van der Waals surface area contributed by atoms with Gasteiger partial charge in [-0.1, -0.05) is 96.1 Å². The molecule has 1 aromatic heterocycles. The molecule has 0 aliphatic carbocycles. The summed E-state index contributed by atoms with van der Waals surface area (Å²) in [5.41, 5.74) is 2.25. The number of anilines is 1. The molecule has 0 unspecified atom stereocenters. The maximum Gasteiger partial charge on any atom is 0.223 e. The van der Waals surface area contributed by atoms with Gasteiger partial charge in [0, 0.05) is 12.6 Å². The van der Waals surface area contributed by atoms with E-state index in [1.54, 1.807) is 7.11 Å². The zero-order chi connectivity index (χ0) is 26.6. The Morgan fingerprint density at radius 1 is 0.737 bits per heavy atom. The monoisotopic (exact) mass is 590 g/mol. The number of ether oxygens (including phenoxy) is 1. The van der Waals surface area contributed by atoms with E-state index in [2.05, 4.69) is 43.5 Å². The maximum atomic E-state index is 5.25. The van der Waals surface area contributed by atoms with Gasteiger partial charge in [-0.25, -0.2) is 9.97 Å². The van der Waals surface area contributed by atoms with E-state index in [0.29, 0.717) is 0 Å². The van der Waals surface area contributed by atoms with Crippen LogP contribution in [-0.2, 0) is 6.42 Å². The number of hydrogen-bond donors (Lipinski definition) is 1. The van der Waals surface area contributed by atoms with Gasteiger partial charge in [-0.2, -0.15) is 0 Å². The molecular weight excluding hydrogens is 536 g/mol. The average molecular weight is 592 g/mol. The molecule has 0 aliphatic rings. The Labute approximate surface area is 244 Å². The summed E-state index contributed by atoms with van der Waals surface area (Å²) in [7, 11) is 6.37. The standard InChI is InChI=1S/C32H55N4O.BrH/c1-5-6-7-8-9-10-11-12-13-14-15-16-17-18-26-36(2,3)27-25-34-32-33-24-23-30(35-32)28-29-19-21-31(37-4)22-20-29;/h19-24H,5-18,25-28H2,1-4H3,(H,33,34,35);1H/q+1;/p-1. The second-order valence-corrected chi connectivity index (χ2v) is 11.3. The van der Waals surface area contributed by atoms with Crippen molar-refractivity contribution in [3.05, 3.63) is 47.8 Å². The number of aromatic nitrogens is 2. The minimum atomic E-state index is 0. The molecule has 0 radical (unpaired) electrons. The fraction of sp³-hybridized carbons (Fsp3) is 0.688. The van der Waals surface area contributed by atoms with E-state index in [9.17, 15) is 0 Å². The quantitative estimate of drug-likeness (QED) is 0.154. The van der Waals surface area contributed by atoms with Gasteiger partial charge in [0.2, 0.25) is 5.95 Å². The lowest BCUT2D eigenvalue weighted by molar-refractivity contribution is -0.888. The first-order chi connectivity index (χ1) is 18.0. The third kappa shape index (κ3) is 16.3. The largest absolute Gasteiger partial charge is 1.00 e. The predicted molar refractivity (Wildman–Crippen MR) is 158 cm³/mol. The van der Waals surface area contributed by atoms with Crippen molar-refractivity contribution in [3.8, 4) is 5.75 Å². The smallest absolute Gasteiger partial charge is 0.223 e. The van der Waals surface area contributed by atoms with Gasteiger partial charge < -0.3 is 31.5 Å². The predicted octanol–water partition coefficient (Wildman–Crippen LogP) is 5.05. The molecule has 1 heterocycles. The number of quaternary nitrogens is 1.